The molecule has 1 N–H and O–H groups in total. The van der Waals surface area contributed by atoms with Gasteiger partial charge in [0.25, 0.3) is 0 Å². The van der Waals surface area contributed by atoms with Crippen molar-refractivity contribution in [1.29, 1.82) is 0 Å². The number of likely N-dealkylation sites (tertiary alicyclic amines) is 1. The van der Waals surface area contributed by atoms with Gasteiger partial charge in [-0.3, -0.25) is 4.90 Å². The van der Waals surface area contributed by atoms with E-state index in [4.69, 9.17) is 4.74 Å². The van der Waals surface area contributed by atoms with Gasteiger partial charge in [-0.05, 0) is 36.4 Å². The van der Waals surface area contributed by atoms with Crippen LogP contribution in [-0.2, 0) is 21.3 Å². The Bertz CT molecular complexity index is 864. The van der Waals surface area contributed by atoms with E-state index in [-0.39, 0.29) is 17.7 Å². The van der Waals surface area contributed by atoms with E-state index in [1.807, 2.05) is 6.20 Å². The van der Waals surface area contributed by atoms with E-state index >= 15 is 0 Å². The van der Waals surface area contributed by atoms with Crippen molar-refractivity contribution in [2.75, 3.05) is 38.6 Å². The zero-order chi connectivity index (χ0) is 18.1. The summed E-state index contributed by atoms with van der Waals surface area (Å²) < 4.78 is 32.4. The quantitative estimate of drug-likeness (QED) is 0.886. The Kier molecular flexibility index (Phi) is 5.05. The van der Waals surface area contributed by atoms with Crippen molar-refractivity contribution in [3.05, 3.63) is 36.0 Å². The number of ether oxygens (including phenoxy) is 1. The van der Waals surface area contributed by atoms with E-state index < -0.39 is 10.0 Å². The molecule has 1 aromatic heterocycles. The van der Waals surface area contributed by atoms with Gasteiger partial charge < -0.3 is 9.72 Å². The number of hydrogen-bond donors (Lipinski definition) is 1. The molecule has 7 heteroatoms. The van der Waals surface area contributed by atoms with Crippen LogP contribution in [-0.4, -0.2) is 67.2 Å². The molecule has 2 aliphatic rings. The van der Waals surface area contributed by atoms with Crippen molar-refractivity contribution in [3.8, 4) is 0 Å². The SMILES string of the molecule is CCS(=O)(=O)N1CCOC[C@H]2CN(Cc3ccc4cc[nH]c4c3)CC[C@H]21. The third-order valence-electron chi connectivity index (χ3n) is 5.68. The summed E-state index contributed by atoms with van der Waals surface area (Å²) in [6.07, 6.45) is 2.84. The van der Waals surface area contributed by atoms with Crippen molar-refractivity contribution in [2.45, 2.75) is 25.9 Å². The lowest BCUT2D eigenvalue weighted by Gasteiger charge is -2.41. The second-order valence-electron chi connectivity index (χ2n) is 7.34. The Hall–Kier alpha value is -1.41. The fourth-order valence-corrected chi connectivity index (χ4v) is 5.67. The molecule has 0 radical (unpaired) electrons. The molecule has 0 saturated carbocycles. The standard InChI is InChI=1S/C19H27N3O3S/c1-2-26(23,24)22-9-10-25-14-17-13-21(8-6-19(17)22)12-15-3-4-16-5-7-20-18(16)11-15/h3-5,7,11,17,19-20H,2,6,8-10,12-14H2,1H3/t17-,19-/m1/s1. The second kappa shape index (κ2) is 7.31. The molecule has 0 bridgehead atoms. The van der Waals surface area contributed by atoms with Crippen LogP contribution in [0.5, 0.6) is 0 Å². The summed E-state index contributed by atoms with van der Waals surface area (Å²) in [6, 6.07) is 8.69. The van der Waals surface area contributed by atoms with E-state index in [0.29, 0.717) is 19.8 Å². The van der Waals surface area contributed by atoms with E-state index in [0.717, 1.165) is 31.6 Å². The van der Waals surface area contributed by atoms with Crippen molar-refractivity contribution in [3.63, 3.8) is 0 Å². The molecule has 1 aromatic carbocycles. The van der Waals surface area contributed by atoms with Crippen molar-refractivity contribution >= 4 is 20.9 Å². The first-order chi connectivity index (χ1) is 12.6. The topological polar surface area (TPSA) is 65.6 Å². The van der Waals surface area contributed by atoms with Gasteiger partial charge >= 0.3 is 0 Å². The molecule has 6 nitrogen and oxygen atoms in total. The maximum atomic E-state index is 12.5. The summed E-state index contributed by atoms with van der Waals surface area (Å²) in [5, 5.41) is 1.23. The number of nitrogens with zero attached hydrogens (tertiary/aromatic N) is 2. The molecule has 0 amide bonds. The average molecular weight is 378 g/mol. The van der Waals surface area contributed by atoms with Crippen molar-refractivity contribution in [1.82, 2.24) is 14.2 Å². The number of aromatic nitrogens is 1. The monoisotopic (exact) mass is 377 g/mol. The molecule has 142 valence electrons. The summed E-state index contributed by atoms with van der Waals surface area (Å²) >= 11 is 0. The summed E-state index contributed by atoms with van der Waals surface area (Å²) in [7, 11) is -3.18. The number of fused-ring (bicyclic) bond motifs is 2. The fraction of sp³-hybridized carbons (Fsp3) is 0.579. The molecule has 4 rings (SSSR count). The largest absolute Gasteiger partial charge is 0.380 e. The van der Waals surface area contributed by atoms with E-state index in [1.165, 1.54) is 10.9 Å². The van der Waals surface area contributed by atoms with Gasteiger partial charge in [-0.15, -0.1) is 0 Å². The highest BCUT2D eigenvalue weighted by Gasteiger charge is 2.39. The molecule has 0 spiro atoms. The molecule has 3 heterocycles. The minimum absolute atomic E-state index is 0.0737. The van der Waals surface area contributed by atoms with Crippen LogP contribution in [0.1, 0.15) is 18.9 Å². The number of sulfonamides is 1. The van der Waals surface area contributed by atoms with Gasteiger partial charge in [-0.1, -0.05) is 12.1 Å². The lowest BCUT2D eigenvalue weighted by atomic mass is 9.92. The van der Waals surface area contributed by atoms with Crippen LogP contribution in [0.15, 0.2) is 30.5 Å². The Morgan fingerprint density at radius 2 is 2.15 bits per heavy atom. The first-order valence-corrected chi connectivity index (χ1v) is 11.0. The van der Waals surface area contributed by atoms with Gasteiger partial charge in [0.05, 0.1) is 19.0 Å². The van der Waals surface area contributed by atoms with Crippen LogP contribution in [0, 0.1) is 5.92 Å². The van der Waals surface area contributed by atoms with Crippen molar-refractivity contribution < 1.29 is 13.2 Å². The van der Waals surface area contributed by atoms with Gasteiger partial charge in [0.1, 0.15) is 0 Å². The van der Waals surface area contributed by atoms with Crippen molar-refractivity contribution in [2.24, 2.45) is 5.92 Å². The molecule has 2 fully saturated rings. The number of rotatable bonds is 4. The summed E-state index contributed by atoms with van der Waals surface area (Å²) in [5.74, 6) is 0.401. The molecule has 2 aliphatic heterocycles. The van der Waals surface area contributed by atoms with E-state index in [1.54, 1.807) is 11.2 Å². The molecule has 2 atom stereocenters. The summed E-state index contributed by atoms with van der Waals surface area (Å²) in [5.41, 5.74) is 2.45. The molecular weight excluding hydrogens is 350 g/mol. The number of aromatic amines is 1. The van der Waals surface area contributed by atoms with E-state index in [2.05, 4.69) is 34.1 Å². The predicted molar refractivity (Wildman–Crippen MR) is 102 cm³/mol. The third-order valence-corrected chi connectivity index (χ3v) is 7.58. The number of benzene rings is 1. The maximum absolute atomic E-state index is 12.5. The number of piperidine rings is 1. The number of hydrogen-bond acceptors (Lipinski definition) is 4. The normalized spacial score (nSPS) is 25.9. The molecular formula is C19H27N3O3S. The molecule has 2 aromatic rings. The van der Waals surface area contributed by atoms with Gasteiger partial charge in [0.15, 0.2) is 0 Å². The van der Waals surface area contributed by atoms with Gasteiger partial charge in [-0.2, -0.15) is 4.31 Å². The van der Waals surface area contributed by atoms with E-state index in [9.17, 15) is 8.42 Å². The summed E-state index contributed by atoms with van der Waals surface area (Å²) in [4.78, 5) is 5.69. The zero-order valence-electron chi connectivity index (χ0n) is 15.2. The van der Waals surface area contributed by atoms with Crippen LogP contribution in [0.4, 0.5) is 0 Å². The first-order valence-electron chi connectivity index (χ1n) is 9.42. The molecule has 0 unspecified atom stereocenters. The summed E-state index contributed by atoms with van der Waals surface area (Å²) in [6.45, 7) is 6.03. The van der Waals surface area contributed by atoms with Crippen LogP contribution in [0.25, 0.3) is 10.9 Å². The Morgan fingerprint density at radius 1 is 1.27 bits per heavy atom. The lowest BCUT2D eigenvalue weighted by molar-refractivity contribution is 0.0613. The smallest absolute Gasteiger partial charge is 0.214 e. The fourth-order valence-electron chi connectivity index (χ4n) is 4.30. The van der Waals surface area contributed by atoms with Gasteiger partial charge in [0.2, 0.25) is 10.0 Å². The van der Waals surface area contributed by atoms with Crippen LogP contribution < -0.4 is 0 Å². The van der Waals surface area contributed by atoms with Crippen LogP contribution in [0.2, 0.25) is 0 Å². The Labute approximate surface area is 155 Å². The van der Waals surface area contributed by atoms with Gasteiger partial charge in [-0.25, -0.2) is 8.42 Å². The highest BCUT2D eigenvalue weighted by atomic mass is 32.2. The lowest BCUT2D eigenvalue weighted by Crippen LogP contribution is -2.53. The van der Waals surface area contributed by atoms with Crippen LogP contribution in [0.3, 0.4) is 0 Å². The number of H-pyrrole nitrogens is 1. The minimum Gasteiger partial charge on any atom is -0.380 e. The second-order valence-corrected chi connectivity index (χ2v) is 9.55. The third kappa shape index (κ3) is 3.53. The Balaban J connectivity index is 1.47. The molecule has 0 aliphatic carbocycles. The van der Waals surface area contributed by atoms with Crippen LogP contribution >= 0.6 is 0 Å². The average Bonchev–Trinajstić information content (AvgIpc) is 2.99. The van der Waals surface area contributed by atoms with Gasteiger partial charge in [0, 0.05) is 49.9 Å². The molecule has 2 saturated heterocycles. The molecule has 26 heavy (non-hydrogen) atoms. The Morgan fingerprint density at radius 3 is 3.00 bits per heavy atom. The predicted octanol–water partition coefficient (Wildman–Crippen LogP) is 2.04. The number of nitrogens with one attached hydrogen (secondary N) is 1. The highest BCUT2D eigenvalue weighted by molar-refractivity contribution is 7.89. The first kappa shape index (κ1) is 18.0. The minimum atomic E-state index is -3.18. The maximum Gasteiger partial charge on any atom is 0.214 e. The highest BCUT2D eigenvalue weighted by Crippen LogP contribution is 2.28. The zero-order valence-corrected chi connectivity index (χ0v) is 16.0.